The van der Waals surface area contributed by atoms with Gasteiger partial charge in [-0.15, -0.1) is 0 Å². The average molecular weight is 629 g/mol. The highest BCUT2D eigenvalue weighted by Gasteiger charge is 2.41. The van der Waals surface area contributed by atoms with Gasteiger partial charge in [0.05, 0.1) is 31.9 Å². The van der Waals surface area contributed by atoms with Gasteiger partial charge in [-0.1, -0.05) is 40.9 Å². The molecule has 1 N–H and O–H groups in total. The summed E-state index contributed by atoms with van der Waals surface area (Å²) in [5.74, 6) is -6.26. The standard InChI is InChI=1S/C23H19Cl3F7NO3S/c1-21(2,10-38(3,36)37)34-20(35)13-5-4-11(6-15(13)23(31,32)33)18(27)9-14(22(28,29)30)12-7-16(24)19(26)17(25)8-12/h4-9,14H,10H2,1-3H3,(H,34,35). The van der Waals surface area contributed by atoms with Gasteiger partial charge in [0.1, 0.15) is 21.6 Å². The van der Waals surface area contributed by atoms with E-state index in [4.69, 9.17) is 34.8 Å². The summed E-state index contributed by atoms with van der Waals surface area (Å²) in [4.78, 5) is 12.6. The van der Waals surface area contributed by atoms with E-state index in [1.807, 2.05) is 0 Å². The second-order valence-electron chi connectivity index (χ2n) is 9.00. The minimum atomic E-state index is -5.22. The number of sulfone groups is 1. The fourth-order valence-corrected chi connectivity index (χ4v) is 5.56. The third kappa shape index (κ3) is 8.49. The first-order valence-corrected chi connectivity index (χ1v) is 13.5. The highest BCUT2D eigenvalue weighted by molar-refractivity contribution is 7.90. The van der Waals surface area contributed by atoms with Crippen LogP contribution in [0.3, 0.4) is 0 Å². The molecule has 1 unspecified atom stereocenters. The van der Waals surface area contributed by atoms with Crippen molar-refractivity contribution in [3.8, 4) is 0 Å². The van der Waals surface area contributed by atoms with Crippen molar-refractivity contribution in [2.75, 3.05) is 12.0 Å². The Balaban J connectivity index is 2.57. The van der Waals surface area contributed by atoms with E-state index in [-0.39, 0.29) is 27.2 Å². The summed E-state index contributed by atoms with van der Waals surface area (Å²) in [6.45, 7) is 2.53. The molecule has 0 heterocycles. The van der Waals surface area contributed by atoms with Crippen molar-refractivity contribution in [3.05, 3.63) is 73.7 Å². The number of hydrogen-bond donors (Lipinski definition) is 1. The fourth-order valence-electron chi connectivity index (χ4n) is 3.57. The van der Waals surface area contributed by atoms with Crippen LogP contribution < -0.4 is 5.32 Å². The number of hydrogen-bond acceptors (Lipinski definition) is 3. The Morgan fingerprint density at radius 2 is 1.53 bits per heavy atom. The van der Waals surface area contributed by atoms with Crippen molar-refractivity contribution in [1.82, 2.24) is 5.32 Å². The molecule has 4 nitrogen and oxygen atoms in total. The van der Waals surface area contributed by atoms with Crippen LogP contribution in [-0.2, 0) is 16.0 Å². The van der Waals surface area contributed by atoms with Crippen molar-refractivity contribution in [2.45, 2.75) is 37.7 Å². The highest BCUT2D eigenvalue weighted by Crippen LogP contribution is 2.42. The minimum absolute atomic E-state index is 0.0420. The van der Waals surface area contributed by atoms with Crippen LogP contribution in [0.2, 0.25) is 15.1 Å². The third-order valence-corrected chi connectivity index (χ3v) is 7.39. The van der Waals surface area contributed by atoms with Gasteiger partial charge in [0.25, 0.3) is 5.91 Å². The number of benzene rings is 2. The molecule has 0 radical (unpaired) electrons. The normalized spacial score (nSPS) is 14.4. The average Bonchev–Trinajstić information content (AvgIpc) is 2.71. The van der Waals surface area contributed by atoms with Gasteiger partial charge < -0.3 is 5.32 Å². The molecule has 0 fully saturated rings. The first-order chi connectivity index (χ1) is 17.0. The van der Waals surface area contributed by atoms with Gasteiger partial charge in [-0.3, -0.25) is 4.79 Å². The van der Waals surface area contributed by atoms with E-state index >= 15 is 0 Å². The van der Waals surface area contributed by atoms with Gasteiger partial charge in [-0.2, -0.15) is 26.3 Å². The Bertz CT molecular complexity index is 1350. The number of rotatable bonds is 7. The van der Waals surface area contributed by atoms with Gasteiger partial charge in [-0.25, -0.2) is 12.8 Å². The predicted molar refractivity (Wildman–Crippen MR) is 132 cm³/mol. The van der Waals surface area contributed by atoms with Crippen molar-refractivity contribution >= 4 is 56.4 Å². The Kier molecular flexibility index (Phi) is 9.51. The first-order valence-electron chi connectivity index (χ1n) is 10.3. The number of halogens is 10. The van der Waals surface area contributed by atoms with Crippen LogP contribution in [0.4, 0.5) is 30.7 Å². The van der Waals surface area contributed by atoms with Gasteiger partial charge in [0, 0.05) is 17.4 Å². The maximum Gasteiger partial charge on any atom is 0.417 e. The van der Waals surface area contributed by atoms with Crippen molar-refractivity contribution in [3.63, 3.8) is 0 Å². The zero-order chi connectivity index (χ0) is 29.4. The predicted octanol–water partition coefficient (Wildman–Crippen LogP) is 7.88. The van der Waals surface area contributed by atoms with Gasteiger partial charge in [0.2, 0.25) is 0 Å². The quantitative estimate of drug-likeness (QED) is 0.251. The molecule has 0 saturated carbocycles. The molecule has 0 aliphatic rings. The maximum atomic E-state index is 15.0. The largest absolute Gasteiger partial charge is 0.417 e. The summed E-state index contributed by atoms with van der Waals surface area (Å²) in [6.07, 6.45) is -9.41. The van der Waals surface area contributed by atoms with Crippen LogP contribution in [0.1, 0.15) is 46.8 Å². The number of nitrogens with one attached hydrogen (secondary N) is 1. The summed E-state index contributed by atoms with van der Waals surface area (Å²) in [5, 5.41) is 1.21. The Hall–Kier alpha value is -2.02. The Labute approximate surface area is 228 Å². The lowest BCUT2D eigenvalue weighted by Gasteiger charge is -2.26. The molecule has 0 bridgehead atoms. The molecular weight excluding hydrogens is 610 g/mol. The summed E-state index contributed by atoms with van der Waals surface area (Å²) in [5.41, 5.74) is -5.62. The molecule has 38 heavy (non-hydrogen) atoms. The zero-order valence-corrected chi connectivity index (χ0v) is 22.7. The number of carbonyl (C=O) groups excluding carboxylic acids is 1. The number of allylic oxidation sites excluding steroid dienone is 1. The molecule has 2 aromatic rings. The van der Waals surface area contributed by atoms with E-state index in [1.165, 1.54) is 13.8 Å². The molecule has 210 valence electrons. The van der Waals surface area contributed by atoms with Crippen molar-refractivity contribution in [1.29, 1.82) is 0 Å². The SMILES string of the molecule is CC(C)(CS(C)(=O)=O)NC(=O)c1ccc(C(F)=CC(c2cc(Cl)c(Cl)c(Cl)c2)C(F)(F)F)cc1C(F)(F)F. The smallest absolute Gasteiger partial charge is 0.346 e. The first kappa shape index (κ1) is 32.2. The van der Waals surface area contributed by atoms with Crippen LogP contribution in [0.15, 0.2) is 36.4 Å². The lowest BCUT2D eigenvalue weighted by Crippen LogP contribution is -2.48. The van der Waals surface area contributed by atoms with E-state index in [9.17, 15) is 43.9 Å². The molecule has 1 atom stereocenters. The number of alkyl halides is 6. The number of carbonyl (C=O) groups is 1. The summed E-state index contributed by atoms with van der Waals surface area (Å²) in [6, 6.07) is 3.04. The topological polar surface area (TPSA) is 63.2 Å². The van der Waals surface area contributed by atoms with E-state index < -0.39 is 73.4 Å². The maximum absolute atomic E-state index is 15.0. The molecule has 0 aliphatic carbocycles. The molecule has 2 aromatic carbocycles. The summed E-state index contributed by atoms with van der Waals surface area (Å²) < 4.78 is 121. The third-order valence-electron chi connectivity index (χ3n) is 4.95. The molecule has 0 aromatic heterocycles. The monoisotopic (exact) mass is 627 g/mol. The van der Waals surface area contributed by atoms with Gasteiger partial charge in [0.15, 0.2) is 0 Å². The van der Waals surface area contributed by atoms with E-state index in [0.29, 0.717) is 12.1 Å². The van der Waals surface area contributed by atoms with Crippen LogP contribution in [0.25, 0.3) is 5.83 Å². The van der Waals surface area contributed by atoms with E-state index in [1.54, 1.807) is 0 Å². The summed E-state index contributed by atoms with van der Waals surface area (Å²) >= 11 is 17.3. The van der Waals surface area contributed by atoms with Gasteiger partial charge >= 0.3 is 12.4 Å². The number of amides is 1. The lowest BCUT2D eigenvalue weighted by molar-refractivity contribution is -0.140. The molecule has 15 heteroatoms. The molecule has 0 saturated heterocycles. The van der Waals surface area contributed by atoms with E-state index in [0.717, 1.165) is 18.4 Å². The van der Waals surface area contributed by atoms with Crippen molar-refractivity contribution in [2.24, 2.45) is 0 Å². The Morgan fingerprint density at radius 1 is 1.00 bits per heavy atom. The lowest BCUT2D eigenvalue weighted by atomic mass is 9.95. The van der Waals surface area contributed by atoms with Crippen LogP contribution in [0.5, 0.6) is 0 Å². The van der Waals surface area contributed by atoms with Crippen LogP contribution >= 0.6 is 34.8 Å². The molecule has 1 amide bonds. The second-order valence-corrected chi connectivity index (χ2v) is 12.3. The highest BCUT2D eigenvalue weighted by atomic mass is 35.5. The van der Waals surface area contributed by atoms with Crippen LogP contribution in [0, 0.1) is 0 Å². The van der Waals surface area contributed by atoms with Gasteiger partial charge in [-0.05, 0) is 49.8 Å². The molecule has 0 aliphatic heterocycles. The molecular formula is C23H19Cl3F7NO3S. The zero-order valence-electron chi connectivity index (χ0n) is 19.7. The van der Waals surface area contributed by atoms with Crippen molar-refractivity contribution < 1.29 is 43.9 Å². The van der Waals surface area contributed by atoms with E-state index in [2.05, 4.69) is 5.32 Å². The molecule has 2 rings (SSSR count). The fraction of sp³-hybridized carbons (Fsp3) is 0.348. The second kappa shape index (κ2) is 11.2. The summed E-state index contributed by atoms with van der Waals surface area (Å²) in [7, 11) is -3.63. The van der Waals surface area contributed by atoms with Crippen LogP contribution in [-0.4, -0.2) is 38.0 Å². The minimum Gasteiger partial charge on any atom is -0.346 e. The molecule has 0 spiro atoms. The Morgan fingerprint density at radius 3 is 1.97 bits per heavy atom.